The molecule has 0 saturated carbocycles. The summed E-state index contributed by atoms with van der Waals surface area (Å²) in [4.78, 5) is 11.1. The molecule has 2 aliphatic rings. The van der Waals surface area contributed by atoms with Gasteiger partial charge in [0.25, 0.3) is 0 Å². The van der Waals surface area contributed by atoms with Crippen LogP contribution in [-0.4, -0.2) is 42.1 Å². The second-order valence-electron chi connectivity index (χ2n) is 6.31. The van der Waals surface area contributed by atoms with E-state index in [4.69, 9.17) is 9.47 Å². The number of aromatic nitrogens is 2. The van der Waals surface area contributed by atoms with Crippen molar-refractivity contribution >= 4 is 11.8 Å². The summed E-state index contributed by atoms with van der Waals surface area (Å²) in [6.07, 6.45) is 3.44. The molecule has 0 radical (unpaired) electrons. The van der Waals surface area contributed by atoms with Crippen LogP contribution in [0.2, 0.25) is 0 Å². The summed E-state index contributed by atoms with van der Waals surface area (Å²) in [6.45, 7) is 3.60. The van der Waals surface area contributed by atoms with Gasteiger partial charge >= 0.3 is 0 Å². The van der Waals surface area contributed by atoms with E-state index >= 15 is 0 Å². The molecule has 3 heterocycles. The van der Waals surface area contributed by atoms with Gasteiger partial charge in [0, 0.05) is 38.7 Å². The third-order valence-electron chi connectivity index (χ3n) is 4.67. The number of halogens is 1. The Labute approximate surface area is 146 Å². The predicted octanol–water partition coefficient (Wildman–Crippen LogP) is 2.57. The van der Waals surface area contributed by atoms with Crippen molar-refractivity contribution < 1.29 is 13.9 Å². The average molecular weight is 344 g/mol. The highest BCUT2D eigenvalue weighted by molar-refractivity contribution is 5.43. The molecular formula is C18H21FN4O2. The number of rotatable bonds is 4. The van der Waals surface area contributed by atoms with Crippen LogP contribution in [0.3, 0.4) is 0 Å². The lowest BCUT2D eigenvalue weighted by molar-refractivity contribution is -0.169. The number of benzene rings is 1. The third kappa shape index (κ3) is 3.72. The zero-order valence-electron chi connectivity index (χ0n) is 13.9. The van der Waals surface area contributed by atoms with Crippen molar-refractivity contribution in [2.24, 2.45) is 0 Å². The van der Waals surface area contributed by atoms with Gasteiger partial charge in [0.15, 0.2) is 5.79 Å². The fourth-order valence-corrected chi connectivity index (χ4v) is 3.26. The highest BCUT2D eigenvalue weighted by Gasteiger charge is 2.40. The Bertz CT molecular complexity index is 709. The Morgan fingerprint density at radius 2 is 1.80 bits per heavy atom. The second-order valence-corrected chi connectivity index (χ2v) is 6.31. The summed E-state index contributed by atoms with van der Waals surface area (Å²) in [6, 6.07) is 8.31. The Morgan fingerprint density at radius 3 is 2.52 bits per heavy atom. The van der Waals surface area contributed by atoms with E-state index in [2.05, 4.69) is 20.2 Å². The highest BCUT2D eigenvalue weighted by Crippen LogP contribution is 2.32. The molecule has 132 valence electrons. The zero-order chi connectivity index (χ0) is 17.1. The predicted molar refractivity (Wildman–Crippen MR) is 91.8 cm³/mol. The molecule has 0 aliphatic carbocycles. The van der Waals surface area contributed by atoms with E-state index in [1.54, 1.807) is 18.3 Å². The first-order valence-electron chi connectivity index (χ1n) is 8.57. The van der Waals surface area contributed by atoms with Gasteiger partial charge in [-0.2, -0.15) is 4.98 Å². The van der Waals surface area contributed by atoms with Gasteiger partial charge in [-0.15, -0.1) is 0 Å². The number of hydrogen-bond donors (Lipinski definition) is 1. The topological polar surface area (TPSA) is 59.5 Å². The Morgan fingerprint density at radius 1 is 1.08 bits per heavy atom. The van der Waals surface area contributed by atoms with Crippen molar-refractivity contribution in [3.05, 3.63) is 47.9 Å². The number of ether oxygens (including phenoxy) is 2. The van der Waals surface area contributed by atoms with E-state index in [9.17, 15) is 4.39 Å². The van der Waals surface area contributed by atoms with Crippen molar-refractivity contribution in [2.75, 3.05) is 36.5 Å². The summed E-state index contributed by atoms with van der Waals surface area (Å²) in [7, 11) is 0. The van der Waals surface area contributed by atoms with Crippen molar-refractivity contribution in [2.45, 2.75) is 25.2 Å². The van der Waals surface area contributed by atoms with E-state index in [1.165, 1.54) is 12.1 Å². The fourth-order valence-electron chi connectivity index (χ4n) is 3.26. The van der Waals surface area contributed by atoms with E-state index in [1.807, 2.05) is 6.07 Å². The van der Waals surface area contributed by atoms with Crippen LogP contribution in [0.1, 0.15) is 18.4 Å². The minimum atomic E-state index is -0.382. The second kappa shape index (κ2) is 6.93. The summed E-state index contributed by atoms with van der Waals surface area (Å²) in [5.74, 6) is 0.840. The summed E-state index contributed by atoms with van der Waals surface area (Å²) in [5, 5.41) is 3.19. The van der Waals surface area contributed by atoms with Crippen LogP contribution < -0.4 is 10.2 Å². The minimum absolute atomic E-state index is 0.236. The van der Waals surface area contributed by atoms with Gasteiger partial charge in [0.2, 0.25) is 5.95 Å². The van der Waals surface area contributed by atoms with Crippen LogP contribution in [0.25, 0.3) is 0 Å². The van der Waals surface area contributed by atoms with Gasteiger partial charge in [0.05, 0.1) is 13.2 Å². The fraction of sp³-hybridized carbons (Fsp3) is 0.444. The van der Waals surface area contributed by atoms with Gasteiger partial charge in [-0.05, 0) is 23.8 Å². The zero-order valence-corrected chi connectivity index (χ0v) is 13.9. The quantitative estimate of drug-likeness (QED) is 0.920. The molecule has 1 N–H and O–H groups in total. The van der Waals surface area contributed by atoms with E-state index in [0.29, 0.717) is 25.7 Å². The van der Waals surface area contributed by atoms with Gasteiger partial charge in [0.1, 0.15) is 11.6 Å². The van der Waals surface area contributed by atoms with Gasteiger partial charge < -0.3 is 19.7 Å². The first kappa shape index (κ1) is 16.2. The van der Waals surface area contributed by atoms with Crippen molar-refractivity contribution in [1.82, 2.24) is 9.97 Å². The first-order chi connectivity index (χ1) is 12.2. The lowest BCUT2D eigenvalue weighted by Crippen LogP contribution is -2.45. The van der Waals surface area contributed by atoms with Crippen LogP contribution in [0.15, 0.2) is 36.5 Å². The molecular weight excluding hydrogens is 323 g/mol. The molecule has 25 heavy (non-hydrogen) atoms. The normalized spacial score (nSPS) is 19.3. The van der Waals surface area contributed by atoms with Gasteiger partial charge in [-0.3, -0.25) is 0 Å². The molecule has 0 amide bonds. The third-order valence-corrected chi connectivity index (χ3v) is 4.67. The van der Waals surface area contributed by atoms with Crippen molar-refractivity contribution in [1.29, 1.82) is 0 Å². The van der Waals surface area contributed by atoms with E-state index in [-0.39, 0.29) is 11.6 Å². The van der Waals surface area contributed by atoms with Crippen molar-refractivity contribution in [3.8, 4) is 0 Å². The number of nitrogens with zero attached hydrogens (tertiary/aromatic N) is 3. The number of hydrogen-bond acceptors (Lipinski definition) is 6. The maximum Gasteiger partial charge on any atom is 0.224 e. The number of anilines is 2. The molecule has 2 saturated heterocycles. The molecule has 1 aromatic carbocycles. The lowest BCUT2D eigenvalue weighted by atomic mass is 10.0. The molecule has 2 aromatic rings. The Kier molecular flexibility index (Phi) is 4.50. The van der Waals surface area contributed by atoms with E-state index in [0.717, 1.165) is 37.3 Å². The van der Waals surface area contributed by atoms with Crippen LogP contribution in [0.5, 0.6) is 0 Å². The highest BCUT2D eigenvalue weighted by atomic mass is 19.1. The molecule has 2 fully saturated rings. The summed E-state index contributed by atoms with van der Waals surface area (Å²) in [5.41, 5.74) is 0.978. The molecule has 0 bridgehead atoms. The van der Waals surface area contributed by atoms with Crippen LogP contribution >= 0.6 is 0 Å². The van der Waals surface area contributed by atoms with Crippen LogP contribution in [-0.2, 0) is 16.0 Å². The molecule has 0 unspecified atom stereocenters. The molecule has 4 rings (SSSR count). The molecule has 1 aromatic heterocycles. The largest absolute Gasteiger partial charge is 0.356 e. The number of nitrogens with one attached hydrogen (secondary N) is 1. The molecule has 7 heteroatoms. The summed E-state index contributed by atoms with van der Waals surface area (Å²) >= 11 is 0. The van der Waals surface area contributed by atoms with Gasteiger partial charge in [-0.1, -0.05) is 12.1 Å². The Balaban J connectivity index is 1.37. The van der Waals surface area contributed by atoms with Crippen LogP contribution in [0.4, 0.5) is 16.2 Å². The van der Waals surface area contributed by atoms with Crippen LogP contribution in [0, 0.1) is 5.82 Å². The average Bonchev–Trinajstić information content (AvgIpc) is 3.10. The van der Waals surface area contributed by atoms with Crippen molar-refractivity contribution in [3.63, 3.8) is 0 Å². The molecule has 0 atom stereocenters. The smallest absolute Gasteiger partial charge is 0.224 e. The standard InChI is InChI=1S/C18H21FN4O2/c19-15-3-1-14(2-4-15)13-21-17-20-8-5-16(22-17)23-9-6-18(7-10-23)24-11-12-25-18/h1-5,8H,6-7,9-13H2,(H,20,21,22). The number of piperidine rings is 1. The SMILES string of the molecule is Fc1ccc(CNc2nccc(N3CCC4(CC3)OCCO4)n2)cc1. The maximum atomic E-state index is 13.0. The molecule has 6 nitrogen and oxygen atoms in total. The lowest BCUT2D eigenvalue weighted by Gasteiger charge is -2.38. The maximum absolute atomic E-state index is 13.0. The minimum Gasteiger partial charge on any atom is -0.356 e. The monoisotopic (exact) mass is 344 g/mol. The molecule has 2 aliphatic heterocycles. The Hall–Kier alpha value is -2.25. The molecule has 1 spiro atoms. The van der Waals surface area contributed by atoms with E-state index < -0.39 is 0 Å². The van der Waals surface area contributed by atoms with Gasteiger partial charge in [-0.25, -0.2) is 9.37 Å². The first-order valence-corrected chi connectivity index (χ1v) is 8.57. The summed E-state index contributed by atoms with van der Waals surface area (Å²) < 4.78 is 24.5.